The molecule has 0 unspecified atom stereocenters. The molecule has 0 fully saturated rings. The SMILES string of the molecule is COc1cccc(-c2csc(/C(C#N)=C/Nc3cc(Cl)ccc3C)n2)c1. The Kier molecular flexibility index (Phi) is 5.57. The molecule has 4 nitrogen and oxygen atoms in total. The van der Waals surface area contributed by atoms with Crippen LogP contribution in [0.3, 0.4) is 0 Å². The molecule has 1 N–H and O–H groups in total. The number of nitriles is 1. The van der Waals surface area contributed by atoms with Crippen molar-refractivity contribution in [2.24, 2.45) is 0 Å². The van der Waals surface area contributed by atoms with Crippen LogP contribution < -0.4 is 10.1 Å². The third-order valence-corrected chi connectivity index (χ3v) is 4.90. The van der Waals surface area contributed by atoms with Crippen LogP contribution in [0, 0.1) is 18.3 Å². The highest BCUT2D eigenvalue weighted by Crippen LogP contribution is 2.28. The van der Waals surface area contributed by atoms with Crippen LogP contribution in [-0.2, 0) is 0 Å². The summed E-state index contributed by atoms with van der Waals surface area (Å²) in [6.07, 6.45) is 1.66. The van der Waals surface area contributed by atoms with Crippen molar-refractivity contribution in [2.75, 3.05) is 12.4 Å². The normalized spacial score (nSPS) is 11.1. The highest BCUT2D eigenvalue weighted by atomic mass is 35.5. The smallest absolute Gasteiger partial charge is 0.136 e. The predicted octanol–water partition coefficient (Wildman–Crippen LogP) is 5.76. The number of rotatable bonds is 5. The van der Waals surface area contributed by atoms with Gasteiger partial charge in [-0.3, -0.25) is 0 Å². The van der Waals surface area contributed by atoms with Gasteiger partial charge in [0.25, 0.3) is 0 Å². The lowest BCUT2D eigenvalue weighted by atomic mass is 10.1. The lowest BCUT2D eigenvalue weighted by Gasteiger charge is -2.06. The molecule has 3 aromatic rings. The summed E-state index contributed by atoms with van der Waals surface area (Å²) >= 11 is 7.46. The molecule has 1 heterocycles. The molecular weight excluding hydrogens is 366 g/mol. The van der Waals surface area contributed by atoms with Gasteiger partial charge < -0.3 is 10.1 Å². The van der Waals surface area contributed by atoms with Crippen LogP contribution in [0.2, 0.25) is 5.02 Å². The van der Waals surface area contributed by atoms with Crippen molar-refractivity contribution < 1.29 is 4.74 Å². The number of methoxy groups -OCH3 is 1. The molecule has 0 amide bonds. The fourth-order valence-electron chi connectivity index (χ4n) is 2.35. The van der Waals surface area contributed by atoms with E-state index in [4.69, 9.17) is 16.3 Å². The molecule has 0 spiro atoms. The first-order valence-corrected chi connectivity index (χ1v) is 9.10. The highest BCUT2D eigenvalue weighted by molar-refractivity contribution is 7.11. The number of hydrogen-bond acceptors (Lipinski definition) is 5. The van der Waals surface area contributed by atoms with Gasteiger partial charge in [0, 0.05) is 27.9 Å². The van der Waals surface area contributed by atoms with Gasteiger partial charge in [0.2, 0.25) is 0 Å². The number of aromatic nitrogens is 1. The van der Waals surface area contributed by atoms with Crippen molar-refractivity contribution in [2.45, 2.75) is 6.92 Å². The van der Waals surface area contributed by atoms with Crippen LogP contribution in [-0.4, -0.2) is 12.1 Å². The first-order valence-electron chi connectivity index (χ1n) is 7.84. The average Bonchev–Trinajstić information content (AvgIpc) is 3.15. The van der Waals surface area contributed by atoms with E-state index in [0.717, 1.165) is 28.3 Å². The van der Waals surface area contributed by atoms with E-state index in [1.54, 1.807) is 13.3 Å². The lowest BCUT2D eigenvalue weighted by molar-refractivity contribution is 0.415. The Labute approximate surface area is 161 Å². The third kappa shape index (κ3) is 4.05. The summed E-state index contributed by atoms with van der Waals surface area (Å²) in [4.78, 5) is 4.59. The van der Waals surface area contributed by atoms with Crippen LogP contribution in [0.1, 0.15) is 10.6 Å². The Balaban J connectivity index is 1.86. The summed E-state index contributed by atoms with van der Waals surface area (Å²) in [5.41, 5.74) is 4.12. The number of aryl methyl sites for hydroxylation is 1. The number of nitrogens with zero attached hydrogens (tertiary/aromatic N) is 2. The van der Waals surface area contributed by atoms with Crippen LogP contribution >= 0.6 is 22.9 Å². The molecule has 6 heteroatoms. The number of nitrogens with one attached hydrogen (secondary N) is 1. The molecule has 0 atom stereocenters. The zero-order chi connectivity index (χ0) is 18.5. The van der Waals surface area contributed by atoms with E-state index in [9.17, 15) is 5.26 Å². The maximum Gasteiger partial charge on any atom is 0.136 e. The Morgan fingerprint density at radius 3 is 2.92 bits per heavy atom. The molecule has 2 aromatic carbocycles. The van der Waals surface area contributed by atoms with E-state index >= 15 is 0 Å². The van der Waals surface area contributed by atoms with Crippen LogP contribution in [0.4, 0.5) is 5.69 Å². The molecule has 3 rings (SSSR count). The number of thiazole rings is 1. The van der Waals surface area contributed by atoms with Gasteiger partial charge in [-0.15, -0.1) is 11.3 Å². The van der Waals surface area contributed by atoms with Gasteiger partial charge in [0.1, 0.15) is 22.4 Å². The number of hydrogen-bond donors (Lipinski definition) is 1. The zero-order valence-corrected chi connectivity index (χ0v) is 15.9. The van der Waals surface area contributed by atoms with Gasteiger partial charge in [-0.2, -0.15) is 5.26 Å². The molecule has 0 saturated heterocycles. The van der Waals surface area contributed by atoms with E-state index in [-0.39, 0.29) is 0 Å². The van der Waals surface area contributed by atoms with Gasteiger partial charge in [-0.25, -0.2) is 4.98 Å². The van der Waals surface area contributed by atoms with Crippen LogP contribution in [0.5, 0.6) is 5.75 Å². The van der Waals surface area contributed by atoms with Crippen molar-refractivity contribution in [3.05, 3.63) is 69.6 Å². The van der Waals surface area contributed by atoms with Crippen molar-refractivity contribution in [3.8, 4) is 23.1 Å². The van der Waals surface area contributed by atoms with Gasteiger partial charge in [-0.05, 0) is 36.8 Å². The van der Waals surface area contributed by atoms with Crippen molar-refractivity contribution in [1.29, 1.82) is 5.26 Å². The highest BCUT2D eigenvalue weighted by Gasteiger charge is 2.10. The molecule has 0 saturated carbocycles. The monoisotopic (exact) mass is 381 g/mol. The Hall–Kier alpha value is -2.81. The van der Waals surface area contributed by atoms with Crippen molar-refractivity contribution in [3.63, 3.8) is 0 Å². The molecule has 130 valence electrons. The molecule has 0 aliphatic carbocycles. The minimum absolute atomic E-state index is 0.462. The van der Waals surface area contributed by atoms with E-state index in [1.807, 2.05) is 54.8 Å². The number of ether oxygens (including phenoxy) is 1. The zero-order valence-electron chi connectivity index (χ0n) is 14.3. The quantitative estimate of drug-likeness (QED) is 0.571. The van der Waals surface area contributed by atoms with Gasteiger partial charge in [-0.1, -0.05) is 29.8 Å². The topological polar surface area (TPSA) is 57.9 Å². The maximum absolute atomic E-state index is 9.51. The lowest BCUT2D eigenvalue weighted by Crippen LogP contribution is -1.93. The van der Waals surface area contributed by atoms with E-state index < -0.39 is 0 Å². The van der Waals surface area contributed by atoms with Crippen LogP contribution in [0.15, 0.2) is 54.0 Å². The predicted molar refractivity (Wildman–Crippen MR) is 108 cm³/mol. The molecule has 0 bridgehead atoms. The Morgan fingerprint density at radius 1 is 1.31 bits per heavy atom. The minimum atomic E-state index is 0.462. The second kappa shape index (κ2) is 8.05. The van der Waals surface area contributed by atoms with E-state index in [2.05, 4.69) is 16.4 Å². The van der Waals surface area contributed by atoms with E-state index in [1.165, 1.54) is 11.3 Å². The largest absolute Gasteiger partial charge is 0.497 e. The summed E-state index contributed by atoms with van der Waals surface area (Å²) < 4.78 is 5.25. The second-order valence-electron chi connectivity index (χ2n) is 5.54. The summed E-state index contributed by atoms with van der Waals surface area (Å²) in [7, 11) is 1.63. The summed E-state index contributed by atoms with van der Waals surface area (Å²) in [5.74, 6) is 0.770. The molecule has 0 radical (unpaired) electrons. The Bertz CT molecular complexity index is 1000. The Morgan fingerprint density at radius 2 is 2.15 bits per heavy atom. The minimum Gasteiger partial charge on any atom is -0.497 e. The average molecular weight is 382 g/mol. The number of halogens is 1. The second-order valence-corrected chi connectivity index (χ2v) is 6.84. The third-order valence-electron chi connectivity index (χ3n) is 3.79. The summed E-state index contributed by atoms with van der Waals surface area (Å²) in [6, 6.07) is 15.5. The van der Waals surface area contributed by atoms with Crippen molar-refractivity contribution in [1.82, 2.24) is 4.98 Å². The van der Waals surface area contributed by atoms with Gasteiger partial charge in [0.15, 0.2) is 0 Å². The van der Waals surface area contributed by atoms with Gasteiger partial charge >= 0.3 is 0 Å². The number of allylic oxidation sites excluding steroid dienone is 1. The molecular formula is C20H16ClN3OS. The fourth-order valence-corrected chi connectivity index (χ4v) is 3.32. The molecule has 0 aliphatic rings. The summed E-state index contributed by atoms with van der Waals surface area (Å²) in [5, 5.41) is 15.9. The maximum atomic E-state index is 9.51. The fraction of sp³-hybridized carbons (Fsp3) is 0.100. The summed E-state index contributed by atoms with van der Waals surface area (Å²) in [6.45, 7) is 1.98. The standard InChI is InChI=1S/C20H16ClN3OS/c1-13-6-7-16(21)9-18(13)23-11-15(10-22)20-24-19(12-26-20)14-4-3-5-17(8-14)25-2/h3-9,11-12,23H,1-2H3/b15-11+. The van der Waals surface area contributed by atoms with Gasteiger partial charge in [0.05, 0.1) is 12.8 Å². The number of benzene rings is 2. The molecule has 26 heavy (non-hydrogen) atoms. The first kappa shape index (κ1) is 18.0. The first-order chi connectivity index (χ1) is 12.6. The number of anilines is 1. The van der Waals surface area contributed by atoms with Crippen LogP contribution in [0.25, 0.3) is 16.8 Å². The van der Waals surface area contributed by atoms with Crippen molar-refractivity contribution >= 4 is 34.2 Å². The molecule has 0 aliphatic heterocycles. The molecule has 1 aromatic heterocycles. The van der Waals surface area contributed by atoms with E-state index in [0.29, 0.717) is 15.6 Å².